The standard InChI is InChI=1S/C23H28N4O7S3/c1-6-11-35-23-26-25-22(36-23)24-21(28)14-27(17-12-15(31-2)7-9-18(17)32-3)37(29,30)16-8-10-19(33-4)20(13-16)34-5/h7-10,12-13H,6,11,14H2,1-5H3,(H,24,25,28). The normalized spacial score (nSPS) is 11.1. The Balaban J connectivity index is 2.02. The molecule has 1 aromatic heterocycles. The van der Waals surface area contributed by atoms with Crippen LogP contribution in [0.1, 0.15) is 13.3 Å². The van der Waals surface area contributed by atoms with Gasteiger partial charge in [0.1, 0.15) is 18.0 Å². The number of methoxy groups -OCH3 is 4. The monoisotopic (exact) mass is 568 g/mol. The predicted octanol–water partition coefficient (Wildman–Crippen LogP) is 3.91. The lowest BCUT2D eigenvalue weighted by Crippen LogP contribution is -2.38. The largest absolute Gasteiger partial charge is 0.497 e. The molecule has 0 fully saturated rings. The van der Waals surface area contributed by atoms with Gasteiger partial charge in [0.15, 0.2) is 15.8 Å². The highest BCUT2D eigenvalue weighted by Gasteiger charge is 2.31. The van der Waals surface area contributed by atoms with Gasteiger partial charge in [0.05, 0.1) is 39.0 Å². The van der Waals surface area contributed by atoms with Gasteiger partial charge in [-0.2, -0.15) is 0 Å². The first-order valence-electron chi connectivity index (χ1n) is 11.0. The molecule has 0 saturated carbocycles. The van der Waals surface area contributed by atoms with E-state index in [2.05, 4.69) is 22.4 Å². The minimum absolute atomic E-state index is 0.114. The van der Waals surface area contributed by atoms with Crippen molar-refractivity contribution in [1.82, 2.24) is 10.2 Å². The molecule has 0 saturated heterocycles. The maximum Gasteiger partial charge on any atom is 0.265 e. The van der Waals surface area contributed by atoms with Gasteiger partial charge in [-0.1, -0.05) is 30.0 Å². The molecule has 37 heavy (non-hydrogen) atoms. The predicted molar refractivity (Wildman–Crippen MR) is 143 cm³/mol. The van der Waals surface area contributed by atoms with E-state index in [4.69, 9.17) is 18.9 Å². The quantitative estimate of drug-likeness (QED) is 0.239. The Morgan fingerprint density at radius 1 is 0.973 bits per heavy atom. The lowest BCUT2D eigenvalue weighted by molar-refractivity contribution is -0.114. The SMILES string of the molecule is CCCSc1nnc(NC(=O)CN(c2cc(OC)ccc2OC)S(=O)(=O)c2ccc(OC)c(OC)c2)s1. The van der Waals surface area contributed by atoms with Crippen molar-refractivity contribution >= 4 is 49.8 Å². The van der Waals surface area contributed by atoms with Gasteiger partial charge in [-0.05, 0) is 30.7 Å². The van der Waals surface area contributed by atoms with Crippen LogP contribution in [-0.4, -0.2) is 65.3 Å². The van der Waals surface area contributed by atoms with Gasteiger partial charge in [0.25, 0.3) is 10.0 Å². The van der Waals surface area contributed by atoms with Gasteiger partial charge >= 0.3 is 0 Å². The van der Waals surface area contributed by atoms with Crippen LogP contribution in [0, 0.1) is 0 Å². The Labute approximate surface area is 224 Å². The number of sulfonamides is 1. The lowest BCUT2D eigenvalue weighted by Gasteiger charge is -2.26. The van der Waals surface area contributed by atoms with E-state index in [0.717, 1.165) is 16.5 Å². The summed E-state index contributed by atoms with van der Waals surface area (Å²) in [6.07, 6.45) is 0.970. The highest BCUT2D eigenvalue weighted by Crippen LogP contribution is 2.37. The van der Waals surface area contributed by atoms with Crippen molar-refractivity contribution < 1.29 is 32.2 Å². The third-order valence-corrected chi connectivity index (χ3v) is 8.90. The van der Waals surface area contributed by atoms with Crippen LogP contribution in [0.3, 0.4) is 0 Å². The minimum atomic E-state index is -4.30. The Kier molecular flexibility index (Phi) is 9.83. The average molecular weight is 569 g/mol. The molecule has 0 spiro atoms. The second-order valence-electron chi connectivity index (χ2n) is 7.34. The highest BCUT2D eigenvalue weighted by atomic mass is 32.2. The molecule has 1 heterocycles. The molecule has 0 aliphatic carbocycles. The van der Waals surface area contributed by atoms with E-state index in [1.807, 2.05) is 0 Å². The molecule has 3 rings (SSSR count). The van der Waals surface area contributed by atoms with Crippen LogP contribution in [0.2, 0.25) is 0 Å². The summed E-state index contributed by atoms with van der Waals surface area (Å²) in [5, 5.41) is 10.9. The molecule has 0 bridgehead atoms. The summed E-state index contributed by atoms with van der Waals surface area (Å²) < 4.78 is 50.7. The number of benzene rings is 2. The molecule has 1 amide bonds. The summed E-state index contributed by atoms with van der Waals surface area (Å²) >= 11 is 2.75. The van der Waals surface area contributed by atoms with Crippen molar-refractivity contribution in [2.24, 2.45) is 0 Å². The van der Waals surface area contributed by atoms with Crippen molar-refractivity contribution in [1.29, 1.82) is 0 Å². The Bertz CT molecular complexity index is 1330. The summed E-state index contributed by atoms with van der Waals surface area (Å²) in [5.74, 6) is 1.44. The summed E-state index contributed by atoms with van der Waals surface area (Å²) in [6, 6.07) is 8.84. The fraction of sp³-hybridized carbons (Fsp3) is 0.348. The number of anilines is 2. The molecule has 2 aromatic carbocycles. The number of nitrogens with one attached hydrogen (secondary N) is 1. The van der Waals surface area contributed by atoms with E-state index in [1.165, 1.54) is 75.8 Å². The molecular weight excluding hydrogens is 540 g/mol. The highest BCUT2D eigenvalue weighted by molar-refractivity contribution is 8.01. The third-order valence-electron chi connectivity index (χ3n) is 4.97. The van der Waals surface area contributed by atoms with Crippen LogP contribution < -0.4 is 28.6 Å². The fourth-order valence-corrected chi connectivity index (χ4v) is 6.33. The van der Waals surface area contributed by atoms with E-state index in [9.17, 15) is 13.2 Å². The molecule has 14 heteroatoms. The molecule has 0 radical (unpaired) electrons. The molecule has 11 nitrogen and oxygen atoms in total. The topological polar surface area (TPSA) is 129 Å². The van der Waals surface area contributed by atoms with Crippen molar-refractivity contribution in [3.8, 4) is 23.0 Å². The van der Waals surface area contributed by atoms with Crippen LogP contribution in [0.25, 0.3) is 0 Å². The van der Waals surface area contributed by atoms with Crippen LogP contribution >= 0.6 is 23.1 Å². The number of rotatable bonds is 13. The maximum atomic E-state index is 13.9. The average Bonchev–Trinajstić information content (AvgIpc) is 3.36. The number of thioether (sulfide) groups is 1. The Morgan fingerprint density at radius 3 is 2.32 bits per heavy atom. The Hall–Kier alpha value is -3.23. The molecular formula is C23H28N4O7S3. The zero-order chi connectivity index (χ0) is 27.0. The van der Waals surface area contributed by atoms with Crippen LogP contribution in [0.15, 0.2) is 45.6 Å². The first-order valence-corrected chi connectivity index (χ1v) is 14.2. The second kappa shape index (κ2) is 12.8. The van der Waals surface area contributed by atoms with Crippen LogP contribution in [0.5, 0.6) is 23.0 Å². The number of amides is 1. The molecule has 0 atom stereocenters. The number of ether oxygens (including phenoxy) is 4. The summed E-state index contributed by atoms with van der Waals surface area (Å²) in [4.78, 5) is 13.0. The van der Waals surface area contributed by atoms with Crippen LogP contribution in [-0.2, 0) is 14.8 Å². The van der Waals surface area contributed by atoms with E-state index >= 15 is 0 Å². The molecule has 0 aliphatic rings. The van der Waals surface area contributed by atoms with Gasteiger partial charge in [-0.3, -0.25) is 14.4 Å². The molecule has 0 unspecified atom stereocenters. The molecule has 1 N–H and O–H groups in total. The minimum Gasteiger partial charge on any atom is -0.497 e. The number of hydrogen-bond donors (Lipinski definition) is 1. The van der Waals surface area contributed by atoms with Crippen molar-refractivity contribution in [2.75, 3.05) is 50.4 Å². The number of aromatic nitrogens is 2. The molecule has 200 valence electrons. The van der Waals surface area contributed by atoms with Crippen molar-refractivity contribution in [3.63, 3.8) is 0 Å². The van der Waals surface area contributed by atoms with Crippen LogP contribution in [0.4, 0.5) is 10.8 Å². The van der Waals surface area contributed by atoms with Crippen molar-refractivity contribution in [2.45, 2.75) is 22.6 Å². The summed E-state index contributed by atoms with van der Waals surface area (Å²) in [6.45, 7) is 1.48. The molecule has 3 aromatic rings. The second-order valence-corrected chi connectivity index (χ2v) is 11.5. The number of carbonyl (C=O) groups excluding carboxylic acids is 1. The van der Waals surface area contributed by atoms with Gasteiger partial charge in [0, 0.05) is 17.9 Å². The number of carbonyl (C=O) groups is 1. The van der Waals surface area contributed by atoms with E-state index < -0.39 is 22.5 Å². The van der Waals surface area contributed by atoms with E-state index in [-0.39, 0.29) is 27.2 Å². The Morgan fingerprint density at radius 2 is 1.68 bits per heavy atom. The number of nitrogens with zero attached hydrogens (tertiary/aromatic N) is 3. The number of hydrogen-bond acceptors (Lipinski definition) is 11. The lowest BCUT2D eigenvalue weighted by atomic mass is 10.2. The van der Waals surface area contributed by atoms with E-state index in [0.29, 0.717) is 15.8 Å². The van der Waals surface area contributed by atoms with Gasteiger partial charge < -0.3 is 18.9 Å². The summed E-state index contributed by atoms with van der Waals surface area (Å²) in [5.41, 5.74) is 0.114. The van der Waals surface area contributed by atoms with Gasteiger partial charge in [-0.15, -0.1) is 10.2 Å². The van der Waals surface area contributed by atoms with Gasteiger partial charge in [-0.25, -0.2) is 8.42 Å². The van der Waals surface area contributed by atoms with Crippen molar-refractivity contribution in [3.05, 3.63) is 36.4 Å². The maximum absolute atomic E-state index is 13.9. The first-order chi connectivity index (χ1) is 17.8. The zero-order valence-electron chi connectivity index (χ0n) is 21.0. The first kappa shape index (κ1) is 28.3. The van der Waals surface area contributed by atoms with Gasteiger partial charge in [0.2, 0.25) is 11.0 Å². The molecule has 0 aliphatic heterocycles. The third kappa shape index (κ3) is 6.76. The fourth-order valence-electron chi connectivity index (χ4n) is 3.19. The van der Waals surface area contributed by atoms with E-state index in [1.54, 1.807) is 12.1 Å². The zero-order valence-corrected chi connectivity index (χ0v) is 23.5. The smallest absolute Gasteiger partial charge is 0.265 e. The summed E-state index contributed by atoms with van der Waals surface area (Å²) in [7, 11) is 1.41.